The third-order valence-electron chi connectivity index (χ3n) is 1.22. The van der Waals surface area contributed by atoms with Crippen LogP contribution in [0, 0.1) is 0 Å². The van der Waals surface area contributed by atoms with Crippen LogP contribution in [0.5, 0.6) is 5.75 Å². The minimum atomic E-state index is -0.511. The maximum atomic E-state index is 11.0. The van der Waals surface area contributed by atoms with Gasteiger partial charge in [0.1, 0.15) is 0 Å². The largest absolute Gasteiger partial charge is 0.871 e. The van der Waals surface area contributed by atoms with Gasteiger partial charge in [0.05, 0.1) is 12.2 Å². The van der Waals surface area contributed by atoms with Crippen LogP contribution in [0.4, 0.5) is 0 Å². The molecule has 0 unspecified atom stereocenters. The summed E-state index contributed by atoms with van der Waals surface area (Å²) >= 11 is 0. The van der Waals surface area contributed by atoms with E-state index in [0.717, 1.165) is 6.20 Å². The summed E-state index contributed by atoms with van der Waals surface area (Å²) in [6, 6.07) is 1.20. The molecule has 0 aromatic carbocycles. The number of esters is 1. The van der Waals surface area contributed by atoms with Crippen LogP contribution in [0.3, 0.4) is 0 Å². The van der Waals surface area contributed by atoms with E-state index in [1.807, 2.05) is 0 Å². The van der Waals surface area contributed by atoms with E-state index in [0.29, 0.717) is 6.61 Å². The molecule has 0 aliphatic rings. The van der Waals surface area contributed by atoms with Crippen LogP contribution in [0.25, 0.3) is 0 Å². The lowest BCUT2D eigenvalue weighted by molar-refractivity contribution is -0.268. The first kappa shape index (κ1) is 8.52. The fourth-order valence-corrected chi connectivity index (χ4v) is 0.745. The molecule has 0 atom stereocenters. The number of hydrogen-bond donors (Lipinski definition) is 0. The van der Waals surface area contributed by atoms with E-state index < -0.39 is 5.97 Å². The molecule has 4 heteroatoms. The normalized spacial score (nSPS) is 9.42. The average Bonchev–Trinajstić information content (AvgIpc) is 2.05. The Morgan fingerprint density at radius 3 is 3.00 bits per heavy atom. The predicted octanol–water partition coefficient (Wildman–Crippen LogP) is 0.332. The van der Waals surface area contributed by atoms with Gasteiger partial charge in [-0.25, -0.2) is 4.79 Å². The Labute approximate surface area is 69.8 Å². The number of pyridine rings is 1. The summed E-state index contributed by atoms with van der Waals surface area (Å²) in [6.07, 6.45) is 2.45. The second kappa shape index (κ2) is 3.71. The third kappa shape index (κ3) is 1.95. The molecular formula is C8H8NO3-. The molecule has 0 aliphatic carbocycles. The van der Waals surface area contributed by atoms with Crippen molar-refractivity contribution in [1.29, 1.82) is 0 Å². The van der Waals surface area contributed by atoms with Gasteiger partial charge in [0, 0.05) is 12.4 Å². The van der Waals surface area contributed by atoms with Crippen LogP contribution in [0.15, 0.2) is 18.5 Å². The molecule has 0 bridgehead atoms. The lowest BCUT2D eigenvalue weighted by atomic mass is 10.3. The van der Waals surface area contributed by atoms with Crippen LogP contribution < -0.4 is 5.11 Å². The Morgan fingerprint density at radius 2 is 2.42 bits per heavy atom. The fourth-order valence-electron chi connectivity index (χ4n) is 0.745. The molecule has 0 fully saturated rings. The number of rotatable bonds is 2. The molecule has 4 nitrogen and oxygen atoms in total. The summed E-state index contributed by atoms with van der Waals surface area (Å²) in [7, 11) is 0. The first-order chi connectivity index (χ1) is 5.74. The van der Waals surface area contributed by atoms with Crippen molar-refractivity contribution in [3.8, 4) is 5.75 Å². The smallest absolute Gasteiger partial charge is 0.339 e. The van der Waals surface area contributed by atoms with E-state index in [4.69, 9.17) is 0 Å². The van der Waals surface area contributed by atoms with Crippen molar-refractivity contribution in [3.63, 3.8) is 0 Å². The molecule has 12 heavy (non-hydrogen) atoms. The van der Waals surface area contributed by atoms with Crippen molar-refractivity contribution in [2.75, 3.05) is 6.61 Å². The average molecular weight is 166 g/mol. The zero-order valence-corrected chi connectivity index (χ0v) is 6.61. The van der Waals surface area contributed by atoms with Crippen molar-refractivity contribution in [2.45, 2.75) is 6.92 Å². The molecular weight excluding hydrogens is 158 g/mol. The molecule has 1 rings (SSSR count). The molecule has 0 amide bonds. The van der Waals surface area contributed by atoms with Gasteiger partial charge in [-0.2, -0.15) is 0 Å². The lowest BCUT2D eigenvalue weighted by Crippen LogP contribution is -2.05. The van der Waals surface area contributed by atoms with Crippen LogP contribution in [-0.2, 0) is 4.74 Å². The minimum absolute atomic E-state index is 0.198. The summed E-state index contributed by atoms with van der Waals surface area (Å²) in [6.45, 7) is 1.99. The monoisotopic (exact) mass is 166 g/mol. The van der Waals surface area contributed by atoms with Crippen molar-refractivity contribution >= 4 is 5.97 Å². The number of carbonyl (C=O) groups excluding carboxylic acids is 1. The molecule has 1 heterocycles. The van der Waals surface area contributed by atoms with Crippen molar-refractivity contribution in [3.05, 3.63) is 24.0 Å². The van der Waals surface area contributed by atoms with Crippen molar-refractivity contribution in [2.24, 2.45) is 0 Å². The minimum Gasteiger partial charge on any atom is -0.871 e. The second-order valence-corrected chi connectivity index (χ2v) is 2.13. The molecule has 0 aliphatic heterocycles. The van der Waals surface area contributed by atoms with Gasteiger partial charge < -0.3 is 9.84 Å². The Kier molecular flexibility index (Phi) is 2.63. The summed E-state index contributed by atoms with van der Waals surface area (Å²) in [5.74, 6) is -0.803. The maximum absolute atomic E-state index is 11.0. The SMILES string of the molecule is CCOC(=O)c1cncc([O-])c1. The molecule has 0 spiro atoms. The zero-order chi connectivity index (χ0) is 8.97. The van der Waals surface area contributed by atoms with E-state index in [1.54, 1.807) is 6.92 Å². The Hall–Kier alpha value is -1.58. The zero-order valence-electron chi connectivity index (χ0n) is 6.61. The van der Waals surface area contributed by atoms with E-state index in [9.17, 15) is 9.90 Å². The second-order valence-electron chi connectivity index (χ2n) is 2.13. The summed E-state index contributed by atoms with van der Waals surface area (Å²) in [5.41, 5.74) is 0.198. The molecule has 1 aromatic rings. The number of nitrogens with zero attached hydrogens (tertiary/aromatic N) is 1. The molecule has 0 N–H and O–H groups in total. The van der Waals surface area contributed by atoms with Crippen molar-refractivity contribution < 1.29 is 14.6 Å². The number of ether oxygens (including phenoxy) is 1. The number of hydrogen-bond acceptors (Lipinski definition) is 4. The van der Waals surface area contributed by atoms with Gasteiger partial charge >= 0.3 is 5.97 Å². The number of aromatic nitrogens is 1. The highest BCUT2D eigenvalue weighted by molar-refractivity contribution is 5.89. The Morgan fingerprint density at radius 1 is 1.67 bits per heavy atom. The van der Waals surface area contributed by atoms with Gasteiger partial charge in [-0.1, -0.05) is 11.8 Å². The van der Waals surface area contributed by atoms with Crippen LogP contribution in [0.1, 0.15) is 17.3 Å². The Bertz CT molecular complexity index is 285. The van der Waals surface area contributed by atoms with Crippen molar-refractivity contribution in [1.82, 2.24) is 4.98 Å². The van der Waals surface area contributed by atoms with Crippen LogP contribution in [0.2, 0.25) is 0 Å². The van der Waals surface area contributed by atoms with Gasteiger partial charge in [0.2, 0.25) is 0 Å². The lowest BCUT2D eigenvalue weighted by Gasteiger charge is -2.05. The van der Waals surface area contributed by atoms with Gasteiger partial charge in [-0.15, -0.1) is 0 Å². The molecule has 64 valence electrons. The summed E-state index contributed by atoms with van der Waals surface area (Å²) in [5, 5.41) is 10.7. The van der Waals surface area contributed by atoms with Gasteiger partial charge in [0.15, 0.2) is 0 Å². The van der Waals surface area contributed by atoms with E-state index in [-0.39, 0.29) is 11.3 Å². The predicted molar refractivity (Wildman–Crippen MR) is 39.6 cm³/mol. The van der Waals surface area contributed by atoms with Gasteiger partial charge in [-0.3, -0.25) is 4.98 Å². The first-order valence-electron chi connectivity index (χ1n) is 3.53. The fraction of sp³-hybridized carbons (Fsp3) is 0.250. The summed E-state index contributed by atoms with van der Waals surface area (Å²) in [4.78, 5) is 14.6. The highest BCUT2D eigenvalue weighted by atomic mass is 16.5. The molecule has 1 aromatic heterocycles. The first-order valence-corrected chi connectivity index (χ1v) is 3.53. The number of carbonyl (C=O) groups is 1. The Balaban J connectivity index is 2.81. The highest BCUT2D eigenvalue weighted by Gasteiger charge is 2.04. The van der Waals surface area contributed by atoms with Gasteiger partial charge in [-0.05, 0) is 6.92 Å². The van der Waals surface area contributed by atoms with Gasteiger partial charge in [0.25, 0.3) is 0 Å². The standard InChI is InChI=1S/C8H9NO3/c1-2-12-8(11)6-3-7(10)5-9-4-6/h3-5,10H,2H2,1H3/p-1. The summed E-state index contributed by atoms with van der Waals surface area (Å²) < 4.78 is 4.67. The van der Waals surface area contributed by atoms with Crippen LogP contribution >= 0.6 is 0 Å². The quantitative estimate of drug-likeness (QED) is 0.594. The van der Waals surface area contributed by atoms with E-state index >= 15 is 0 Å². The van der Waals surface area contributed by atoms with E-state index in [2.05, 4.69) is 9.72 Å². The third-order valence-corrected chi connectivity index (χ3v) is 1.22. The molecule has 0 radical (unpaired) electrons. The van der Waals surface area contributed by atoms with Crippen LogP contribution in [-0.4, -0.2) is 17.6 Å². The topological polar surface area (TPSA) is 62.2 Å². The molecule has 0 saturated heterocycles. The maximum Gasteiger partial charge on any atom is 0.339 e. The highest BCUT2D eigenvalue weighted by Crippen LogP contribution is 2.06. The van der Waals surface area contributed by atoms with E-state index in [1.165, 1.54) is 12.3 Å². The molecule has 0 saturated carbocycles.